The molecule has 7 heteroatoms. The highest BCUT2D eigenvalue weighted by Crippen LogP contribution is 2.38. The van der Waals surface area contributed by atoms with Crippen molar-refractivity contribution < 1.29 is 14.4 Å². The van der Waals surface area contributed by atoms with Gasteiger partial charge in [0.2, 0.25) is 0 Å². The van der Waals surface area contributed by atoms with Crippen molar-refractivity contribution in [2.24, 2.45) is 5.16 Å². The minimum absolute atomic E-state index is 0.242. The van der Waals surface area contributed by atoms with E-state index in [0.29, 0.717) is 19.1 Å². The standard InChI is InChI=1S/C26H36N4O3/c1-5-21-20-11-10-18(16-23(20)30(27-21)19-8-6-7-9-19)22-17-26(33-28-22)12-14-29(15-13-26)24(31)32-25(2,3)4/h10-11,16,19H,5-9,12-15,17H2,1-4H3. The number of amides is 1. The van der Waals surface area contributed by atoms with Crippen LogP contribution in [-0.4, -0.2) is 50.8 Å². The van der Waals surface area contributed by atoms with E-state index in [4.69, 9.17) is 14.7 Å². The predicted octanol–water partition coefficient (Wildman–Crippen LogP) is 5.61. The molecule has 5 rings (SSSR count). The highest BCUT2D eigenvalue weighted by molar-refractivity contribution is 6.04. The highest BCUT2D eigenvalue weighted by atomic mass is 16.7. The van der Waals surface area contributed by atoms with Crippen molar-refractivity contribution in [3.05, 3.63) is 29.5 Å². The van der Waals surface area contributed by atoms with Gasteiger partial charge in [0.05, 0.1) is 23.0 Å². The van der Waals surface area contributed by atoms with Gasteiger partial charge in [0, 0.05) is 43.3 Å². The van der Waals surface area contributed by atoms with Gasteiger partial charge in [0.1, 0.15) is 11.2 Å². The molecule has 3 aliphatic rings. The lowest BCUT2D eigenvalue weighted by Gasteiger charge is -2.37. The van der Waals surface area contributed by atoms with Crippen molar-refractivity contribution in [2.75, 3.05) is 13.1 Å². The van der Waals surface area contributed by atoms with E-state index >= 15 is 0 Å². The molecule has 1 amide bonds. The third kappa shape index (κ3) is 4.34. The highest BCUT2D eigenvalue weighted by Gasteiger charge is 2.43. The zero-order valence-electron chi connectivity index (χ0n) is 20.4. The van der Waals surface area contributed by atoms with Gasteiger partial charge in [0.15, 0.2) is 0 Å². The topological polar surface area (TPSA) is 69.0 Å². The van der Waals surface area contributed by atoms with Crippen molar-refractivity contribution in [1.82, 2.24) is 14.7 Å². The van der Waals surface area contributed by atoms with Crippen LogP contribution < -0.4 is 0 Å². The molecule has 33 heavy (non-hydrogen) atoms. The maximum atomic E-state index is 12.4. The number of aromatic nitrogens is 2. The quantitative estimate of drug-likeness (QED) is 0.607. The van der Waals surface area contributed by atoms with E-state index in [-0.39, 0.29) is 11.7 Å². The van der Waals surface area contributed by atoms with Crippen LogP contribution in [0.25, 0.3) is 10.9 Å². The van der Waals surface area contributed by atoms with Crippen LogP contribution >= 0.6 is 0 Å². The molecule has 2 aliphatic heterocycles. The van der Waals surface area contributed by atoms with Crippen molar-refractivity contribution in [2.45, 2.75) is 96.3 Å². The maximum Gasteiger partial charge on any atom is 0.410 e. The van der Waals surface area contributed by atoms with Gasteiger partial charge in [-0.1, -0.05) is 37.1 Å². The summed E-state index contributed by atoms with van der Waals surface area (Å²) in [5, 5.41) is 10.8. The second-order valence-electron chi connectivity index (χ2n) is 10.9. The van der Waals surface area contributed by atoms with Gasteiger partial charge in [-0.05, 0) is 46.1 Å². The summed E-state index contributed by atoms with van der Waals surface area (Å²) in [6.07, 6.45) is 8.01. The average molecular weight is 453 g/mol. The smallest absolute Gasteiger partial charge is 0.410 e. The Hall–Kier alpha value is -2.57. The number of benzene rings is 1. The van der Waals surface area contributed by atoms with E-state index < -0.39 is 5.60 Å². The molecule has 1 saturated carbocycles. The number of likely N-dealkylation sites (tertiary alicyclic amines) is 1. The Balaban J connectivity index is 1.31. The zero-order valence-corrected chi connectivity index (χ0v) is 20.4. The number of carbonyl (C=O) groups is 1. The van der Waals surface area contributed by atoms with Gasteiger partial charge in [-0.25, -0.2) is 4.79 Å². The van der Waals surface area contributed by atoms with Gasteiger partial charge in [0.25, 0.3) is 0 Å². The number of aryl methyl sites for hydroxylation is 1. The minimum atomic E-state index is -0.479. The Kier molecular flexibility index (Phi) is 5.61. The van der Waals surface area contributed by atoms with Gasteiger partial charge in [-0.15, -0.1) is 0 Å². The molecule has 0 unspecified atom stereocenters. The van der Waals surface area contributed by atoms with Crippen LogP contribution in [0.15, 0.2) is 23.4 Å². The SMILES string of the molecule is CCc1nn(C2CCCC2)c2cc(C3=NOC4(CCN(C(=O)OC(C)(C)C)CC4)C3)ccc12. The largest absolute Gasteiger partial charge is 0.444 e. The Morgan fingerprint density at radius 1 is 1.21 bits per heavy atom. The molecule has 3 heterocycles. The number of piperidine rings is 1. The molecular weight excluding hydrogens is 416 g/mol. The number of rotatable bonds is 3. The molecule has 1 aromatic carbocycles. The first-order chi connectivity index (χ1) is 15.8. The summed E-state index contributed by atoms with van der Waals surface area (Å²) >= 11 is 0. The van der Waals surface area contributed by atoms with E-state index in [1.807, 2.05) is 20.8 Å². The first-order valence-corrected chi connectivity index (χ1v) is 12.5. The number of fused-ring (bicyclic) bond motifs is 1. The third-order valence-electron chi connectivity index (χ3n) is 7.29. The predicted molar refractivity (Wildman–Crippen MR) is 129 cm³/mol. The van der Waals surface area contributed by atoms with Crippen molar-refractivity contribution in [1.29, 1.82) is 0 Å². The minimum Gasteiger partial charge on any atom is -0.444 e. The number of carbonyl (C=O) groups excluding carboxylic acids is 1. The van der Waals surface area contributed by atoms with Crippen LogP contribution in [0.2, 0.25) is 0 Å². The lowest BCUT2D eigenvalue weighted by atomic mass is 9.85. The van der Waals surface area contributed by atoms with Gasteiger partial charge < -0.3 is 14.5 Å². The van der Waals surface area contributed by atoms with E-state index in [1.165, 1.54) is 42.3 Å². The van der Waals surface area contributed by atoms with Crippen LogP contribution in [0.3, 0.4) is 0 Å². The molecule has 7 nitrogen and oxygen atoms in total. The molecule has 0 bridgehead atoms. The van der Waals surface area contributed by atoms with E-state index in [0.717, 1.165) is 37.0 Å². The first-order valence-electron chi connectivity index (χ1n) is 12.5. The average Bonchev–Trinajstić information content (AvgIpc) is 3.51. The summed E-state index contributed by atoms with van der Waals surface area (Å²) in [5.74, 6) is 0. The molecule has 1 saturated heterocycles. The molecule has 0 atom stereocenters. The Labute approximate surface area is 196 Å². The molecule has 1 aliphatic carbocycles. The van der Waals surface area contributed by atoms with Crippen LogP contribution in [0.4, 0.5) is 4.79 Å². The monoisotopic (exact) mass is 452 g/mol. The summed E-state index contributed by atoms with van der Waals surface area (Å²) in [7, 11) is 0. The fourth-order valence-electron chi connectivity index (χ4n) is 5.44. The van der Waals surface area contributed by atoms with Crippen LogP contribution in [0, 0.1) is 0 Å². The van der Waals surface area contributed by atoms with E-state index in [9.17, 15) is 4.79 Å². The third-order valence-corrected chi connectivity index (χ3v) is 7.29. The van der Waals surface area contributed by atoms with Gasteiger partial charge in [-0.2, -0.15) is 5.10 Å². The summed E-state index contributed by atoms with van der Waals surface area (Å²) in [5.41, 5.74) is 3.73. The Bertz CT molecular complexity index is 1070. The van der Waals surface area contributed by atoms with Crippen molar-refractivity contribution >= 4 is 22.7 Å². The van der Waals surface area contributed by atoms with Gasteiger partial charge in [-0.3, -0.25) is 4.68 Å². The number of ether oxygens (including phenoxy) is 1. The van der Waals surface area contributed by atoms with E-state index in [1.54, 1.807) is 4.90 Å². The molecule has 0 radical (unpaired) electrons. The van der Waals surface area contributed by atoms with Crippen molar-refractivity contribution in [3.63, 3.8) is 0 Å². The van der Waals surface area contributed by atoms with Crippen LogP contribution in [0.1, 0.15) is 89.9 Å². The number of oxime groups is 1. The lowest BCUT2D eigenvalue weighted by Crippen LogP contribution is -2.48. The fourth-order valence-corrected chi connectivity index (χ4v) is 5.44. The summed E-state index contributed by atoms with van der Waals surface area (Å²) in [6.45, 7) is 9.13. The normalized spacial score (nSPS) is 21.0. The second kappa shape index (κ2) is 8.33. The second-order valence-corrected chi connectivity index (χ2v) is 10.9. The number of hydrogen-bond acceptors (Lipinski definition) is 5. The molecular formula is C26H36N4O3. The van der Waals surface area contributed by atoms with E-state index in [2.05, 4.69) is 35.0 Å². The van der Waals surface area contributed by atoms with Crippen LogP contribution in [0.5, 0.6) is 0 Å². The Morgan fingerprint density at radius 2 is 1.94 bits per heavy atom. The summed E-state index contributed by atoms with van der Waals surface area (Å²) in [6, 6.07) is 7.14. The number of hydrogen-bond donors (Lipinski definition) is 0. The zero-order chi connectivity index (χ0) is 23.2. The first kappa shape index (κ1) is 22.2. The Morgan fingerprint density at radius 3 is 2.61 bits per heavy atom. The fraction of sp³-hybridized carbons (Fsp3) is 0.654. The summed E-state index contributed by atoms with van der Waals surface area (Å²) in [4.78, 5) is 20.2. The molecule has 0 N–H and O–H groups in total. The molecule has 2 aromatic rings. The molecule has 1 aromatic heterocycles. The molecule has 178 valence electrons. The van der Waals surface area contributed by atoms with Crippen LogP contribution in [-0.2, 0) is 16.0 Å². The van der Waals surface area contributed by atoms with Crippen molar-refractivity contribution in [3.8, 4) is 0 Å². The molecule has 2 fully saturated rings. The summed E-state index contributed by atoms with van der Waals surface area (Å²) < 4.78 is 7.81. The van der Waals surface area contributed by atoms with Gasteiger partial charge >= 0.3 is 6.09 Å². The number of nitrogens with zero attached hydrogens (tertiary/aromatic N) is 4. The molecule has 1 spiro atoms. The maximum absolute atomic E-state index is 12.4. The lowest BCUT2D eigenvalue weighted by molar-refractivity contribution is -0.0639.